The van der Waals surface area contributed by atoms with E-state index >= 15 is 0 Å². The van der Waals surface area contributed by atoms with Gasteiger partial charge in [-0.05, 0) is 13.3 Å². The van der Waals surface area contributed by atoms with Crippen molar-refractivity contribution in [2.24, 2.45) is 0 Å². The van der Waals surface area contributed by atoms with Crippen LogP contribution in [0.1, 0.15) is 39.5 Å². The maximum absolute atomic E-state index is 3.97. The predicted molar refractivity (Wildman–Crippen MR) is 45.7 cm³/mol. The topological polar surface area (TPSA) is 12.0 Å². The molecule has 0 aliphatic rings. The van der Waals surface area contributed by atoms with Crippen molar-refractivity contribution in [3.8, 4) is 0 Å². The van der Waals surface area contributed by atoms with E-state index in [1.807, 2.05) is 0 Å². The first-order valence-electron chi connectivity index (χ1n) is 3.70. The van der Waals surface area contributed by atoms with Crippen molar-refractivity contribution >= 4 is 12.8 Å². The molecular weight excluding hydrogens is 130 g/mol. The van der Waals surface area contributed by atoms with E-state index in [4.69, 9.17) is 0 Å². The smallest absolute Gasteiger partial charge is 0.0141 e. The number of rotatable bonds is 5. The van der Waals surface area contributed by atoms with Gasteiger partial charge < -0.3 is 0 Å². The van der Waals surface area contributed by atoms with Crippen LogP contribution < -0.4 is 4.72 Å². The second-order valence-electron chi connectivity index (χ2n) is 2.53. The van der Waals surface area contributed by atoms with E-state index in [1.54, 1.807) is 0 Å². The minimum Gasteiger partial charge on any atom is -0.264 e. The summed E-state index contributed by atoms with van der Waals surface area (Å²) in [6, 6.07) is 0.569. The van der Waals surface area contributed by atoms with Gasteiger partial charge in [-0.25, -0.2) is 0 Å². The van der Waals surface area contributed by atoms with Crippen LogP contribution in [0.3, 0.4) is 0 Å². The van der Waals surface area contributed by atoms with Crippen LogP contribution in [0, 0.1) is 0 Å². The lowest BCUT2D eigenvalue weighted by Gasteiger charge is -2.06. The third kappa shape index (κ3) is 6.19. The molecule has 2 heteroatoms. The maximum Gasteiger partial charge on any atom is 0.0141 e. The molecule has 0 spiro atoms. The van der Waals surface area contributed by atoms with E-state index in [2.05, 4.69) is 31.4 Å². The molecule has 9 heavy (non-hydrogen) atoms. The van der Waals surface area contributed by atoms with E-state index in [0.29, 0.717) is 6.04 Å². The molecule has 56 valence electrons. The molecule has 0 saturated heterocycles. The van der Waals surface area contributed by atoms with Gasteiger partial charge in [-0.15, -0.1) is 0 Å². The monoisotopic (exact) mass is 147 g/mol. The van der Waals surface area contributed by atoms with E-state index in [-0.39, 0.29) is 0 Å². The summed E-state index contributed by atoms with van der Waals surface area (Å²) in [7, 11) is 0. The van der Waals surface area contributed by atoms with Crippen LogP contribution in [0.25, 0.3) is 0 Å². The summed E-state index contributed by atoms with van der Waals surface area (Å²) >= 11 is 3.97. The summed E-state index contributed by atoms with van der Waals surface area (Å²) in [5.74, 6) is 0. The minimum atomic E-state index is 0.569. The highest BCUT2D eigenvalue weighted by Gasteiger charge is 1.95. The molecule has 0 heterocycles. The van der Waals surface area contributed by atoms with Gasteiger partial charge in [-0.3, -0.25) is 4.72 Å². The zero-order valence-corrected chi connectivity index (χ0v) is 7.25. The number of unbranched alkanes of at least 4 members (excludes halogenated alkanes) is 2. The molecule has 1 atom stereocenters. The van der Waals surface area contributed by atoms with Crippen molar-refractivity contribution in [3.63, 3.8) is 0 Å². The molecule has 1 nitrogen and oxygen atoms in total. The van der Waals surface area contributed by atoms with Gasteiger partial charge in [0.15, 0.2) is 0 Å². The largest absolute Gasteiger partial charge is 0.264 e. The fourth-order valence-corrected chi connectivity index (χ4v) is 0.894. The van der Waals surface area contributed by atoms with Crippen molar-refractivity contribution in [1.29, 1.82) is 0 Å². The van der Waals surface area contributed by atoms with Gasteiger partial charge in [0.05, 0.1) is 0 Å². The van der Waals surface area contributed by atoms with Crippen molar-refractivity contribution in [3.05, 3.63) is 0 Å². The first-order valence-corrected chi connectivity index (χ1v) is 4.15. The van der Waals surface area contributed by atoms with Crippen LogP contribution in [0.5, 0.6) is 0 Å². The molecule has 0 aromatic carbocycles. The summed E-state index contributed by atoms with van der Waals surface area (Å²) < 4.78 is 2.92. The van der Waals surface area contributed by atoms with Crippen molar-refractivity contribution in [2.45, 2.75) is 45.6 Å². The number of hydrogen-bond donors (Lipinski definition) is 2. The summed E-state index contributed by atoms with van der Waals surface area (Å²) in [6.45, 7) is 4.38. The third-order valence-electron chi connectivity index (χ3n) is 1.46. The number of nitrogens with one attached hydrogen (secondary N) is 1. The predicted octanol–water partition coefficient (Wildman–Crippen LogP) is 2.39. The molecule has 0 aliphatic heterocycles. The van der Waals surface area contributed by atoms with Gasteiger partial charge >= 0.3 is 0 Å². The summed E-state index contributed by atoms with van der Waals surface area (Å²) in [4.78, 5) is 0. The Morgan fingerprint density at radius 3 is 2.56 bits per heavy atom. The SMILES string of the molecule is CCCCC[C@@H](C)NS. The average Bonchev–Trinajstić information content (AvgIpc) is 1.89. The van der Waals surface area contributed by atoms with Crippen molar-refractivity contribution in [1.82, 2.24) is 4.72 Å². The highest BCUT2D eigenvalue weighted by molar-refractivity contribution is 7.78. The van der Waals surface area contributed by atoms with Crippen LogP contribution in [-0.4, -0.2) is 6.04 Å². The summed E-state index contributed by atoms with van der Waals surface area (Å²) in [5.41, 5.74) is 0. The molecule has 0 aromatic rings. The molecular formula is C7H17NS. The Morgan fingerprint density at radius 1 is 1.44 bits per heavy atom. The summed E-state index contributed by atoms with van der Waals surface area (Å²) in [5, 5.41) is 0. The second kappa shape index (κ2) is 6.43. The van der Waals surface area contributed by atoms with Crippen LogP contribution in [0.4, 0.5) is 0 Å². The molecule has 0 radical (unpaired) electrons. The lowest BCUT2D eigenvalue weighted by molar-refractivity contribution is 0.570. The van der Waals surface area contributed by atoms with Gasteiger partial charge in [0.25, 0.3) is 0 Å². The molecule has 0 rings (SSSR count). The van der Waals surface area contributed by atoms with Gasteiger partial charge in [0.1, 0.15) is 0 Å². The number of thiol groups is 1. The molecule has 0 fully saturated rings. The Hall–Kier alpha value is 0.310. The number of hydrogen-bond acceptors (Lipinski definition) is 2. The second-order valence-corrected chi connectivity index (χ2v) is 2.78. The molecule has 0 aliphatic carbocycles. The molecule has 1 N–H and O–H groups in total. The van der Waals surface area contributed by atoms with Crippen LogP contribution >= 0.6 is 12.8 Å². The van der Waals surface area contributed by atoms with Gasteiger partial charge in [0, 0.05) is 6.04 Å². The normalized spacial score (nSPS) is 13.7. The fraction of sp³-hybridized carbons (Fsp3) is 1.00. The van der Waals surface area contributed by atoms with Gasteiger partial charge in [0.2, 0.25) is 0 Å². The first kappa shape index (κ1) is 9.31. The Bertz CT molecular complexity index is 56.9. The minimum absolute atomic E-state index is 0.569. The van der Waals surface area contributed by atoms with E-state index in [1.165, 1.54) is 25.7 Å². The molecule has 0 amide bonds. The van der Waals surface area contributed by atoms with E-state index in [9.17, 15) is 0 Å². The average molecular weight is 147 g/mol. The Balaban J connectivity index is 2.88. The Kier molecular flexibility index (Phi) is 6.65. The van der Waals surface area contributed by atoms with Gasteiger partial charge in [-0.2, -0.15) is 0 Å². The van der Waals surface area contributed by atoms with Crippen LogP contribution in [0.2, 0.25) is 0 Å². The fourth-order valence-electron chi connectivity index (χ4n) is 0.765. The summed E-state index contributed by atoms with van der Waals surface area (Å²) in [6.07, 6.45) is 5.22. The zero-order chi connectivity index (χ0) is 7.11. The maximum atomic E-state index is 3.97. The third-order valence-corrected chi connectivity index (χ3v) is 1.90. The Morgan fingerprint density at radius 2 is 2.11 bits per heavy atom. The lowest BCUT2D eigenvalue weighted by Crippen LogP contribution is -2.15. The first-order chi connectivity index (χ1) is 4.31. The van der Waals surface area contributed by atoms with Crippen molar-refractivity contribution in [2.75, 3.05) is 0 Å². The van der Waals surface area contributed by atoms with E-state index < -0.39 is 0 Å². The highest BCUT2D eigenvalue weighted by atomic mass is 32.1. The zero-order valence-electron chi connectivity index (χ0n) is 6.35. The molecule has 0 bridgehead atoms. The molecule has 0 aromatic heterocycles. The standard InChI is InChI=1S/C7H17NS/c1-3-4-5-6-7(2)8-9/h7-9H,3-6H2,1-2H3/t7-/m1/s1. The molecule has 0 saturated carbocycles. The quantitative estimate of drug-likeness (QED) is 0.449. The van der Waals surface area contributed by atoms with Crippen molar-refractivity contribution < 1.29 is 0 Å². The molecule has 0 unspecified atom stereocenters. The highest BCUT2D eigenvalue weighted by Crippen LogP contribution is 2.02. The van der Waals surface area contributed by atoms with Crippen LogP contribution in [0.15, 0.2) is 0 Å². The lowest BCUT2D eigenvalue weighted by atomic mass is 10.1. The Labute approximate surface area is 63.8 Å². The van der Waals surface area contributed by atoms with E-state index in [0.717, 1.165) is 0 Å². The van der Waals surface area contributed by atoms with Crippen LogP contribution in [-0.2, 0) is 0 Å². The van der Waals surface area contributed by atoms with Gasteiger partial charge in [-0.1, -0.05) is 39.0 Å².